The summed E-state index contributed by atoms with van der Waals surface area (Å²) in [6, 6.07) is 9.72. The van der Waals surface area contributed by atoms with Crippen LogP contribution in [0.4, 0.5) is 0 Å². The third kappa shape index (κ3) is 11.4. The Kier molecular flexibility index (Phi) is 13.2. The zero-order chi connectivity index (χ0) is 31.2. The van der Waals surface area contributed by atoms with Gasteiger partial charge in [0, 0.05) is 13.0 Å². The van der Waals surface area contributed by atoms with E-state index < -0.39 is 54.0 Å². The minimum atomic E-state index is -1.47. The van der Waals surface area contributed by atoms with Gasteiger partial charge in [0.25, 0.3) is 0 Å². The Bertz CT molecular complexity index is 1220. The number of aliphatic hydroxyl groups is 1. The number of nitrogens with two attached hydrogens (primary N) is 3. The first-order chi connectivity index (χ1) is 19.9. The molecule has 14 heteroatoms. The molecule has 0 aliphatic rings. The Morgan fingerprint density at radius 1 is 0.833 bits per heavy atom. The minimum absolute atomic E-state index is 0.000402. The van der Waals surface area contributed by atoms with Crippen LogP contribution in [-0.4, -0.2) is 81.8 Å². The van der Waals surface area contributed by atoms with Crippen molar-refractivity contribution in [2.75, 3.05) is 6.54 Å². The average molecular weight is 586 g/mol. The van der Waals surface area contributed by atoms with Gasteiger partial charge < -0.3 is 48.5 Å². The molecule has 0 heterocycles. The van der Waals surface area contributed by atoms with Crippen molar-refractivity contribution in [2.24, 2.45) is 22.2 Å². The molecule has 0 spiro atoms. The molecule has 5 unspecified atom stereocenters. The van der Waals surface area contributed by atoms with Crippen LogP contribution in [0.5, 0.6) is 5.75 Å². The number of carbonyl (C=O) groups is 4. The predicted octanol–water partition coefficient (Wildman–Crippen LogP) is -1.52. The quantitative estimate of drug-likeness (QED) is 0.0624. The molecule has 0 bridgehead atoms. The second-order valence-corrected chi connectivity index (χ2v) is 9.80. The summed E-state index contributed by atoms with van der Waals surface area (Å²) in [5.74, 6) is -3.74. The number of nitrogens with one attached hydrogen (secondary N) is 3. The van der Waals surface area contributed by atoms with Gasteiger partial charge in [-0.1, -0.05) is 42.5 Å². The fourth-order valence-corrected chi connectivity index (χ4v) is 4.00. The topological polar surface area (TPSA) is 255 Å². The van der Waals surface area contributed by atoms with Crippen molar-refractivity contribution < 1.29 is 34.5 Å². The molecular formula is C28H39N7O7. The van der Waals surface area contributed by atoms with Crippen molar-refractivity contribution in [3.8, 4) is 5.75 Å². The Morgan fingerprint density at radius 2 is 1.43 bits per heavy atom. The molecule has 0 aromatic heterocycles. The first-order valence-corrected chi connectivity index (χ1v) is 13.3. The number of carboxylic acid groups (broad SMARTS) is 1. The van der Waals surface area contributed by atoms with Crippen LogP contribution in [0.2, 0.25) is 0 Å². The van der Waals surface area contributed by atoms with Gasteiger partial charge in [-0.3, -0.25) is 19.4 Å². The summed E-state index contributed by atoms with van der Waals surface area (Å²) >= 11 is 0. The molecule has 2 aromatic rings. The summed E-state index contributed by atoms with van der Waals surface area (Å²) in [7, 11) is 0. The molecule has 12 N–H and O–H groups in total. The maximum atomic E-state index is 13.2. The number of carbonyl (C=O) groups excluding carboxylic acids is 3. The molecule has 2 aromatic carbocycles. The summed E-state index contributed by atoms with van der Waals surface area (Å²) in [5, 5.41) is 36.8. The molecule has 2 rings (SSSR count). The van der Waals surface area contributed by atoms with Gasteiger partial charge in [-0.25, -0.2) is 4.79 Å². The average Bonchev–Trinajstić information content (AvgIpc) is 2.93. The van der Waals surface area contributed by atoms with Crippen LogP contribution in [0.1, 0.15) is 30.9 Å². The number of rotatable bonds is 16. The van der Waals surface area contributed by atoms with E-state index in [1.165, 1.54) is 19.1 Å². The molecule has 0 aliphatic carbocycles. The summed E-state index contributed by atoms with van der Waals surface area (Å²) in [6.45, 7) is 1.45. The molecule has 0 radical (unpaired) electrons. The minimum Gasteiger partial charge on any atom is -0.508 e. The number of phenols is 1. The molecule has 5 atom stereocenters. The van der Waals surface area contributed by atoms with Crippen LogP contribution in [0.3, 0.4) is 0 Å². The van der Waals surface area contributed by atoms with E-state index in [4.69, 9.17) is 17.2 Å². The normalized spacial score (nSPS) is 14.4. The highest BCUT2D eigenvalue weighted by molar-refractivity contribution is 5.94. The number of guanidine groups is 1. The van der Waals surface area contributed by atoms with Crippen molar-refractivity contribution in [3.05, 3.63) is 65.7 Å². The number of benzene rings is 2. The summed E-state index contributed by atoms with van der Waals surface area (Å²) in [5.41, 5.74) is 17.9. The number of aliphatic hydroxyl groups excluding tert-OH is 1. The maximum absolute atomic E-state index is 13.2. The van der Waals surface area contributed by atoms with Crippen LogP contribution in [0, 0.1) is 0 Å². The van der Waals surface area contributed by atoms with Crippen molar-refractivity contribution in [3.63, 3.8) is 0 Å². The van der Waals surface area contributed by atoms with Gasteiger partial charge in [0.2, 0.25) is 17.7 Å². The lowest BCUT2D eigenvalue weighted by atomic mass is 10.0. The van der Waals surface area contributed by atoms with Crippen molar-refractivity contribution >= 4 is 29.7 Å². The number of aromatic hydroxyl groups is 1. The van der Waals surface area contributed by atoms with Gasteiger partial charge in [-0.2, -0.15) is 0 Å². The van der Waals surface area contributed by atoms with Gasteiger partial charge in [0.15, 0.2) is 5.96 Å². The molecule has 0 fully saturated rings. The van der Waals surface area contributed by atoms with Gasteiger partial charge in [-0.15, -0.1) is 0 Å². The van der Waals surface area contributed by atoms with E-state index >= 15 is 0 Å². The number of aliphatic carboxylic acids is 1. The first-order valence-electron chi connectivity index (χ1n) is 13.3. The number of aliphatic imine (C=N–C) groups is 1. The Labute approximate surface area is 243 Å². The fourth-order valence-electron chi connectivity index (χ4n) is 4.00. The van der Waals surface area contributed by atoms with Crippen LogP contribution in [0.15, 0.2) is 59.6 Å². The molecule has 42 heavy (non-hydrogen) atoms. The largest absolute Gasteiger partial charge is 0.508 e. The third-order valence-electron chi connectivity index (χ3n) is 6.27. The summed E-state index contributed by atoms with van der Waals surface area (Å²) in [4.78, 5) is 54.9. The molecule has 3 amide bonds. The molecule has 0 saturated heterocycles. The number of carboxylic acids is 1. The highest BCUT2D eigenvalue weighted by Crippen LogP contribution is 2.11. The number of nitrogens with zero attached hydrogens (tertiary/aromatic N) is 1. The second kappa shape index (κ2) is 16.5. The van der Waals surface area contributed by atoms with Gasteiger partial charge in [-0.05, 0) is 49.4 Å². The molecule has 14 nitrogen and oxygen atoms in total. The highest BCUT2D eigenvalue weighted by atomic mass is 16.4. The standard InChI is InChI=1S/C28H39N7O7/c1-16(36)23(35-24(38)20(29)14-18-9-11-19(37)12-10-18)26(40)34-22(15-17-6-3-2-4-7-17)25(39)33-21(27(41)42)8-5-13-32-28(30)31/h2-4,6-7,9-12,16,20-23,36-37H,5,8,13-15,29H2,1H3,(H,33,39)(H,34,40)(H,35,38)(H,41,42)(H4,30,31,32). The van der Waals surface area contributed by atoms with Crippen LogP contribution >= 0.6 is 0 Å². The van der Waals surface area contributed by atoms with E-state index in [9.17, 15) is 34.5 Å². The summed E-state index contributed by atoms with van der Waals surface area (Å²) < 4.78 is 0. The van der Waals surface area contributed by atoms with Crippen LogP contribution < -0.4 is 33.2 Å². The molecular weight excluding hydrogens is 546 g/mol. The zero-order valence-corrected chi connectivity index (χ0v) is 23.3. The highest BCUT2D eigenvalue weighted by Gasteiger charge is 2.32. The number of phenolic OH excluding ortho intramolecular Hbond substituents is 1. The molecule has 228 valence electrons. The third-order valence-corrected chi connectivity index (χ3v) is 6.27. The summed E-state index contributed by atoms with van der Waals surface area (Å²) in [6.07, 6.45) is -0.975. The van der Waals surface area contributed by atoms with E-state index in [1.807, 2.05) is 0 Å². The van der Waals surface area contributed by atoms with Gasteiger partial charge in [0.1, 0.15) is 23.9 Å². The first kappa shape index (κ1) is 33.5. The fraction of sp³-hybridized carbons (Fsp3) is 0.393. The van der Waals surface area contributed by atoms with E-state index in [1.54, 1.807) is 42.5 Å². The van der Waals surface area contributed by atoms with Crippen LogP contribution in [-0.2, 0) is 32.0 Å². The smallest absolute Gasteiger partial charge is 0.326 e. The maximum Gasteiger partial charge on any atom is 0.326 e. The number of amides is 3. The molecule has 0 saturated carbocycles. The number of hydrogen-bond donors (Lipinski definition) is 9. The van der Waals surface area contributed by atoms with Crippen molar-refractivity contribution in [1.29, 1.82) is 0 Å². The van der Waals surface area contributed by atoms with E-state index in [2.05, 4.69) is 20.9 Å². The SMILES string of the molecule is CC(O)C(NC(=O)C(N)Cc1ccc(O)cc1)C(=O)NC(Cc1ccccc1)C(=O)NC(CCCN=C(N)N)C(=O)O. The lowest BCUT2D eigenvalue weighted by Crippen LogP contribution is -2.60. The lowest BCUT2D eigenvalue weighted by molar-refractivity contribution is -0.142. The zero-order valence-electron chi connectivity index (χ0n) is 23.3. The number of hydrogen-bond acceptors (Lipinski definition) is 8. The van der Waals surface area contributed by atoms with Gasteiger partial charge in [0.05, 0.1) is 12.1 Å². The van der Waals surface area contributed by atoms with Crippen molar-refractivity contribution in [1.82, 2.24) is 16.0 Å². The Balaban J connectivity index is 2.15. The Morgan fingerprint density at radius 3 is 2.00 bits per heavy atom. The van der Waals surface area contributed by atoms with E-state index in [0.29, 0.717) is 11.1 Å². The molecule has 0 aliphatic heterocycles. The monoisotopic (exact) mass is 585 g/mol. The lowest BCUT2D eigenvalue weighted by Gasteiger charge is -2.26. The van der Waals surface area contributed by atoms with Crippen molar-refractivity contribution in [2.45, 2.75) is 62.9 Å². The van der Waals surface area contributed by atoms with Crippen LogP contribution in [0.25, 0.3) is 0 Å². The van der Waals surface area contributed by atoms with E-state index in [-0.39, 0.29) is 43.9 Å². The Hall–Kier alpha value is -4.69. The van der Waals surface area contributed by atoms with Gasteiger partial charge >= 0.3 is 5.97 Å². The predicted molar refractivity (Wildman–Crippen MR) is 155 cm³/mol. The second-order valence-electron chi connectivity index (χ2n) is 9.80. The van der Waals surface area contributed by atoms with E-state index in [0.717, 1.165) is 0 Å².